The van der Waals surface area contributed by atoms with Gasteiger partial charge >= 0.3 is 11.8 Å². The molecule has 11 heteroatoms. The highest BCUT2D eigenvalue weighted by Gasteiger charge is 2.38. The molecule has 11 nitrogen and oxygen atoms in total. The minimum atomic E-state index is -0.470. The van der Waals surface area contributed by atoms with Gasteiger partial charge in [0.2, 0.25) is 0 Å². The van der Waals surface area contributed by atoms with E-state index in [9.17, 15) is 4.79 Å². The molecule has 0 radical (unpaired) electrons. The van der Waals surface area contributed by atoms with Crippen molar-refractivity contribution in [2.24, 2.45) is 7.05 Å². The van der Waals surface area contributed by atoms with Gasteiger partial charge in [0.05, 0.1) is 23.2 Å². The minimum absolute atomic E-state index is 0.0883. The number of nitrogens with one attached hydrogen (secondary N) is 1. The lowest BCUT2D eigenvalue weighted by molar-refractivity contribution is 0.0646. The number of aryl methyl sites for hydroxylation is 2. The summed E-state index contributed by atoms with van der Waals surface area (Å²) in [5, 5.41) is 17.0. The van der Waals surface area contributed by atoms with E-state index in [4.69, 9.17) is 9.52 Å². The van der Waals surface area contributed by atoms with Crippen LogP contribution in [-0.4, -0.2) is 56.9 Å². The second kappa shape index (κ2) is 6.87. The summed E-state index contributed by atoms with van der Waals surface area (Å²) in [4.78, 5) is 22.9. The van der Waals surface area contributed by atoms with Crippen LogP contribution < -0.4 is 0 Å². The van der Waals surface area contributed by atoms with Crippen LogP contribution in [0, 0.1) is 6.92 Å². The molecule has 0 aliphatic carbocycles. The van der Waals surface area contributed by atoms with E-state index in [1.165, 1.54) is 0 Å². The van der Waals surface area contributed by atoms with Crippen molar-refractivity contribution in [1.29, 1.82) is 0 Å². The number of aromatic nitrogens is 8. The fraction of sp³-hybridized carbons (Fsp3) is 0.238. The summed E-state index contributed by atoms with van der Waals surface area (Å²) in [6.45, 7) is 2.50. The summed E-state index contributed by atoms with van der Waals surface area (Å²) >= 11 is 0. The van der Waals surface area contributed by atoms with Gasteiger partial charge in [-0.25, -0.2) is 9.50 Å². The molecule has 6 heterocycles. The molecule has 0 aromatic carbocycles. The number of carbonyl (C=O) groups is 1. The van der Waals surface area contributed by atoms with Crippen LogP contribution in [0.3, 0.4) is 0 Å². The average Bonchev–Trinajstić information content (AvgIpc) is 3.57. The first kappa shape index (κ1) is 18.5. The maximum absolute atomic E-state index is 13.5. The Kier molecular flexibility index (Phi) is 3.97. The third kappa shape index (κ3) is 2.82. The highest BCUT2D eigenvalue weighted by molar-refractivity contribution is 5.90. The lowest BCUT2D eigenvalue weighted by atomic mass is 9.99. The fourth-order valence-corrected chi connectivity index (χ4v) is 4.17. The summed E-state index contributed by atoms with van der Waals surface area (Å²) in [5.74, 6) is -0.256. The van der Waals surface area contributed by atoms with Gasteiger partial charge in [0.25, 0.3) is 5.89 Å². The summed E-state index contributed by atoms with van der Waals surface area (Å²) in [7, 11) is 1.79. The van der Waals surface area contributed by atoms with Crippen LogP contribution >= 0.6 is 0 Å². The first-order valence-electron chi connectivity index (χ1n) is 10.2. The average molecular weight is 429 g/mol. The summed E-state index contributed by atoms with van der Waals surface area (Å²) < 4.78 is 9.14. The van der Waals surface area contributed by atoms with Gasteiger partial charge in [-0.2, -0.15) is 10.2 Å². The lowest BCUT2D eigenvalue weighted by Gasteiger charge is -2.32. The third-order valence-corrected chi connectivity index (χ3v) is 5.74. The van der Waals surface area contributed by atoms with E-state index in [2.05, 4.69) is 25.3 Å². The number of nitrogens with zero attached hydrogens (tertiary/aromatic N) is 8. The highest BCUT2D eigenvalue weighted by Crippen LogP contribution is 2.34. The van der Waals surface area contributed by atoms with Gasteiger partial charge < -0.3 is 14.3 Å². The van der Waals surface area contributed by atoms with Gasteiger partial charge in [-0.3, -0.25) is 9.48 Å². The Morgan fingerprint density at radius 2 is 2.12 bits per heavy atom. The first-order chi connectivity index (χ1) is 15.6. The summed E-state index contributed by atoms with van der Waals surface area (Å²) in [5.41, 5.74) is 5.08. The van der Waals surface area contributed by atoms with Crippen LogP contribution in [0.5, 0.6) is 0 Å². The second-order valence-corrected chi connectivity index (χ2v) is 7.79. The highest BCUT2D eigenvalue weighted by atomic mass is 16.4. The molecule has 1 atom stereocenters. The normalized spacial score (nSPS) is 15.9. The molecule has 0 spiro atoms. The Hall–Kier alpha value is -4.28. The number of fused-ring (bicyclic) bond motifs is 2. The number of pyridine rings is 1. The number of amides is 1. The quantitative estimate of drug-likeness (QED) is 0.465. The van der Waals surface area contributed by atoms with Crippen LogP contribution in [0.2, 0.25) is 0 Å². The molecule has 0 fully saturated rings. The molecule has 0 unspecified atom stereocenters. The molecule has 160 valence electrons. The molecule has 6 rings (SSSR count). The molecule has 0 bridgehead atoms. The van der Waals surface area contributed by atoms with E-state index in [-0.39, 0.29) is 17.7 Å². The van der Waals surface area contributed by atoms with Gasteiger partial charge in [0.1, 0.15) is 11.7 Å². The molecule has 1 aliphatic heterocycles. The number of hydrogen-bond donors (Lipinski definition) is 1. The SMILES string of the molecule is Cc1cccn2nc([C@H]3c4nc[nH]c4CCN3C(=O)c3nnc(-c4ccn(C)n4)o3)cc12. The van der Waals surface area contributed by atoms with E-state index < -0.39 is 6.04 Å². The van der Waals surface area contributed by atoms with E-state index >= 15 is 0 Å². The van der Waals surface area contributed by atoms with Crippen molar-refractivity contribution >= 4 is 11.4 Å². The van der Waals surface area contributed by atoms with E-state index in [1.807, 2.05) is 35.8 Å². The topological polar surface area (TPSA) is 123 Å². The molecule has 32 heavy (non-hydrogen) atoms. The van der Waals surface area contributed by atoms with Gasteiger partial charge in [-0.15, -0.1) is 10.2 Å². The summed E-state index contributed by atoms with van der Waals surface area (Å²) in [6.07, 6.45) is 5.96. The van der Waals surface area contributed by atoms with Crippen LogP contribution in [-0.2, 0) is 13.5 Å². The number of rotatable bonds is 3. The van der Waals surface area contributed by atoms with Crippen molar-refractivity contribution in [3.63, 3.8) is 0 Å². The van der Waals surface area contributed by atoms with Crippen molar-refractivity contribution in [3.05, 3.63) is 71.5 Å². The standard InChI is InChI=1S/C21H19N9O2/c1-12-4-3-7-30-16(12)10-15(27-30)18-17-13(22-11-23-17)6-9-29(18)21(31)20-25-24-19(32-20)14-5-8-28(2)26-14/h3-5,7-8,10-11,18H,6,9H2,1-2H3,(H,22,23)/t18-/m0/s1. The van der Waals surface area contributed by atoms with Gasteiger partial charge in [-0.05, 0) is 30.7 Å². The van der Waals surface area contributed by atoms with Crippen LogP contribution in [0.1, 0.15) is 39.4 Å². The number of aromatic amines is 1. The molecule has 1 N–H and O–H groups in total. The third-order valence-electron chi connectivity index (χ3n) is 5.74. The lowest BCUT2D eigenvalue weighted by Crippen LogP contribution is -2.41. The van der Waals surface area contributed by atoms with Crippen molar-refractivity contribution in [2.75, 3.05) is 6.54 Å². The Bertz CT molecular complexity index is 1460. The number of imidazole rings is 1. The second-order valence-electron chi connectivity index (χ2n) is 7.79. The number of carbonyl (C=O) groups excluding carboxylic acids is 1. The van der Waals surface area contributed by atoms with Gasteiger partial charge in [0, 0.05) is 38.1 Å². The van der Waals surface area contributed by atoms with Crippen LogP contribution in [0.15, 0.2) is 47.4 Å². The van der Waals surface area contributed by atoms with Crippen LogP contribution in [0.25, 0.3) is 17.1 Å². The first-order valence-corrected chi connectivity index (χ1v) is 10.2. The van der Waals surface area contributed by atoms with Crippen molar-refractivity contribution < 1.29 is 9.21 Å². The Labute approximate surface area is 181 Å². The van der Waals surface area contributed by atoms with Crippen LogP contribution in [0.4, 0.5) is 0 Å². The smallest absolute Gasteiger partial charge is 0.312 e. The van der Waals surface area contributed by atoms with E-state index in [0.717, 1.165) is 28.2 Å². The zero-order valence-electron chi connectivity index (χ0n) is 17.4. The van der Waals surface area contributed by atoms with Gasteiger partial charge in [-0.1, -0.05) is 6.07 Å². The molecule has 1 amide bonds. The minimum Gasteiger partial charge on any atom is -0.411 e. The maximum Gasteiger partial charge on any atom is 0.312 e. The Morgan fingerprint density at radius 3 is 2.94 bits per heavy atom. The van der Waals surface area contributed by atoms with E-state index in [0.29, 0.717) is 18.7 Å². The predicted octanol–water partition coefficient (Wildman–Crippen LogP) is 1.94. The van der Waals surface area contributed by atoms with Crippen molar-refractivity contribution in [3.8, 4) is 11.6 Å². The van der Waals surface area contributed by atoms with Crippen molar-refractivity contribution in [1.82, 2.24) is 44.5 Å². The monoisotopic (exact) mass is 429 g/mol. The zero-order chi connectivity index (χ0) is 21.8. The van der Waals surface area contributed by atoms with Crippen molar-refractivity contribution in [2.45, 2.75) is 19.4 Å². The summed E-state index contributed by atoms with van der Waals surface area (Å²) in [6, 6.07) is 7.25. The number of hydrogen-bond acceptors (Lipinski definition) is 7. The Balaban J connectivity index is 1.41. The molecule has 0 saturated carbocycles. The fourth-order valence-electron chi connectivity index (χ4n) is 4.17. The number of H-pyrrole nitrogens is 1. The molecular formula is C21H19N9O2. The van der Waals surface area contributed by atoms with Gasteiger partial charge in [0.15, 0.2) is 0 Å². The molecule has 5 aromatic rings. The maximum atomic E-state index is 13.5. The molecular weight excluding hydrogens is 410 g/mol. The molecule has 5 aromatic heterocycles. The Morgan fingerprint density at radius 1 is 1.22 bits per heavy atom. The zero-order valence-corrected chi connectivity index (χ0v) is 17.4. The largest absolute Gasteiger partial charge is 0.411 e. The van der Waals surface area contributed by atoms with E-state index in [1.54, 1.807) is 35.2 Å². The molecule has 1 aliphatic rings. The molecule has 0 saturated heterocycles. The predicted molar refractivity (Wildman–Crippen MR) is 112 cm³/mol.